The molecule has 442 valence electrons. The maximum Gasteiger partial charge on any atom is 0.338 e. The molecule has 4 amide bonds. The molecular formula is C56H65ClF2N12O10S2. The van der Waals surface area contributed by atoms with Crippen molar-refractivity contribution in [3.63, 3.8) is 0 Å². The summed E-state index contributed by atoms with van der Waals surface area (Å²) in [6.45, 7) is 14.7. The zero-order valence-electron chi connectivity index (χ0n) is 46.9. The minimum Gasteiger partial charge on any atom is -0.481 e. The third kappa shape index (κ3) is 12.9. The fourth-order valence-electron chi connectivity index (χ4n) is 11.0. The SMILES string of the molecule is CCOC(=O)C1=C(CN2CCN3C(=O)N(CC(C)(C)C(=O)O)C[C@@H]3C2)NC(c2nccs2)=N[C@H]1c1cccc(F)c1C.COC(=O)C1=C(CN2CCN3C(=O)N(CC(C)(C)C(=O)O)C[C@@H]3C2)NC(c2nccs2)=N[C@H]1c1ccc(F)cc1Cl. The molecule has 0 bridgehead atoms. The Kier molecular flexibility index (Phi) is 18.0. The molecule has 4 N–H and O–H groups in total. The minimum absolute atomic E-state index is 0.112. The van der Waals surface area contributed by atoms with Crippen molar-refractivity contribution in [2.45, 2.75) is 65.7 Å². The quantitative estimate of drug-likeness (QED) is 0.0882. The molecule has 4 saturated heterocycles. The molecule has 2 aromatic heterocycles. The van der Waals surface area contributed by atoms with Crippen LogP contribution in [0.1, 0.15) is 73.4 Å². The molecule has 27 heteroatoms. The number of esters is 2. The Balaban J connectivity index is 0.000000200. The molecule has 10 rings (SSSR count). The van der Waals surface area contributed by atoms with E-state index < -0.39 is 52.6 Å². The first-order valence-corrected chi connectivity index (χ1v) is 29.1. The van der Waals surface area contributed by atoms with Gasteiger partial charge < -0.3 is 49.9 Å². The Labute approximate surface area is 491 Å². The normalized spacial score (nSPS) is 21.4. The number of halogens is 3. The van der Waals surface area contributed by atoms with E-state index in [1.807, 2.05) is 10.8 Å². The number of carbonyl (C=O) groups is 6. The van der Waals surface area contributed by atoms with Crippen LogP contribution in [0.15, 0.2) is 92.1 Å². The van der Waals surface area contributed by atoms with Gasteiger partial charge in [0.25, 0.3) is 0 Å². The number of urea groups is 2. The molecule has 0 unspecified atom stereocenters. The fraction of sp³-hybridized carbons (Fsp3) is 0.464. The number of benzene rings is 2. The highest BCUT2D eigenvalue weighted by Crippen LogP contribution is 2.39. The number of carboxylic acids is 2. The number of piperazine rings is 2. The van der Waals surface area contributed by atoms with Gasteiger partial charge in [-0.15, -0.1) is 22.7 Å². The van der Waals surface area contributed by atoms with Gasteiger partial charge in [-0.3, -0.25) is 29.4 Å². The third-order valence-corrected chi connectivity index (χ3v) is 17.3. The van der Waals surface area contributed by atoms with Crippen molar-refractivity contribution in [3.8, 4) is 0 Å². The molecule has 8 heterocycles. The Hall–Kier alpha value is -7.39. The maximum absolute atomic E-state index is 14.7. The highest BCUT2D eigenvalue weighted by molar-refractivity contribution is 7.12. The average Bonchev–Trinajstić information content (AvgIpc) is 3.63. The predicted octanol–water partition coefficient (Wildman–Crippen LogP) is 6.02. The van der Waals surface area contributed by atoms with Crippen LogP contribution in [0.4, 0.5) is 18.4 Å². The van der Waals surface area contributed by atoms with E-state index in [-0.39, 0.29) is 60.3 Å². The number of nitrogens with one attached hydrogen (secondary N) is 2. The number of hydrogen-bond acceptors (Lipinski definition) is 18. The largest absolute Gasteiger partial charge is 0.481 e. The number of thiazole rings is 2. The first-order valence-electron chi connectivity index (χ1n) is 26.9. The van der Waals surface area contributed by atoms with E-state index in [0.29, 0.717) is 121 Å². The number of carbonyl (C=O) groups excluding carboxylic acids is 4. The van der Waals surface area contributed by atoms with Gasteiger partial charge in [-0.2, -0.15) is 0 Å². The molecule has 6 aliphatic rings. The number of methoxy groups -OCH3 is 1. The number of fused-ring (bicyclic) bond motifs is 2. The van der Waals surface area contributed by atoms with Crippen molar-refractivity contribution in [1.29, 1.82) is 0 Å². The third-order valence-electron chi connectivity index (χ3n) is 15.4. The summed E-state index contributed by atoms with van der Waals surface area (Å²) >= 11 is 9.21. The van der Waals surface area contributed by atoms with Crippen LogP contribution >= 0.6 is 34.3 Å². The maximum atomic E-state index is 14.7. The Morgan fingerprint density at radius 3 is 1.66 bits per heavy atom. The van der Waals surface area contributed by atoms with Gasteiger partial charge in [-0.1, -0.05) is 29.8 Å². The number of carboxylic acid groups (broad SMARTS) is 2. The summed E-state index contributed by atoms with van der Waals surface area (Å²) in [6.07, 6.45) is 3.32. The summed E-state index contributed by atoms with van der Waals surface area (Å²) in [5.74, 6) is -3.02. The summed E-state index contributed by atoms with van der Waals surface area (Å²) in [7, 11) is 1.28. The predicted molar refractivity (Wildman–Crippen MR) is 305 cm³/mol. The molecule has 6 aliphatic heterocycles. The molecular weight excluding hydrogens is 1140 g/mol. The number of nitrogens with zero attached hydrogens (tertiary/aromatic N) is 10. The number of rotatable bonds is 17. The highest BCUT2D eigenvalue weighted by Gasteiger charge is 2.47. The number of ether oxygens (including phenoxy) is 2. The summed E-state index contributed by atoms with van der Waals surface area (Å²) < 4.78 is 39.2. The Bertz CT molecular complexity index is 3300. The number of aliphatic imine (C=N–C) groups is 2. The van der Waals surface area contributed by atoms with Crippen molar-refractivity contribution in [2.24, 2.45) is 20.8 Å². The molecule has 0 saturated carbocycles. The van der Waals surface area contributed by atoms with Crippen LogP contribution in [-0.4, -0.2) is 202 Å². The zero-order chi connectivity index (χ0) is 59.7. The number of amidine groups is 2. The first-order chi connectivity index (χ1) is 39.5. The van der Waals surface area contributed by atoms with Crippen LogP contribution in [0, 0.1) is 29.4 Å². The first kappa shape index (κ1) is 60.2. The lowest BCUT2D eigenvalue weighted by atomic mass is 9.92. The Morgan fingerprint density at radius 1 is 0.723 bits per heavy atom. The van der Waals surface area contributed by atoms with E-state index in [1.54, 1.807) is 85.7 Å². The Morgan fingerprint density at radius 2 is 1.22 bits per heavy atom. The zero-order valence-corrected chi connectivity index (χ0v) is 49.2. The van der Waals surface area contributed by atoms with E-state index in [1.165, 1.54) is 54.0 Å². The molecule has 4 fully saturated rings. The van der Waals surface area contributed by atoms with Crippen LogP contribution < -0.4 is 10.6 Å². The lowest BCUT2D eigenvalue weighted by molar-refractivity contribution is -0.148. The summed E-state index contributed by atoms with van der Waals surface area (Å²) in [5.41, 5.74) is 0.960. The van der Waals surface area contributed by atoms with E-state index in [4.69, 9.17) is 31.1 Å². The van der Waals surface area contributed by atoms with Gasteiger partial charge in [-0.05, 0) is 70.9 Å². The van der Waals surface area contributed by atoms with Crippen molar-refractivity contribution in [1.82, 2.24) is 50.0 Å². The van der Waals surface area contributed by atoms with Gasteiger partial charge in [0, 0.05) is 124 Å². The monoisotopic (exact) mass is 1200 g/mol. The van der Waals surface area contributed by atoms with Crippen LogP contribution in [0.5, 0.6) is 0 Å². The van der Waals surface area contributed by atoms with Crippen molar-refractivity contribution < 1.29 is 57.2 Å². The number of aromatic nitrogens is 2. The van der Waals surface area contributed by atoms with Gasteiger partial charge >= 0.3 is 35.9 Å². The van der Waals surface area contributed by atoms with Gasteiger partial charge in [-0.25, -0.2) is 37.9 Å². The second-order valence-electron chi connectivity index (χ2n) is 22.2. The van der Waals surface area contributed by atoms with E-state index >= 15 is 0 Å². The minimum atomic E-state index is -1.07. The van der Waals surface area contributed by atoms with E-state index in [2.05, 4.69) is 30.4 Å². The topological polar surface area (TPSA) is 255 Å². The van der Waals surface area contributed by atoms with Crippen molar-refractivity contribution in [2.75, 3.05) is 92.3 Å². The van der Waals surface area contributed by atoms with Crippen LogP contribution in [0.2, 0.25) is 5.02 Å². The van der Waals surface area contributed by atoms with Crippen LogP contribution in [0.3, 0.4) is 0 Å². The van der Waals surface area contributed by atoms with Crippen molar-refractivity contribution >= 4 is 81.9 Å². The number of hydrogen-bond donors (Lipinski definition) is 4. The lowest BCUT2D eigenvalue weighted by Gasteiger charge is -2.38. The second kappa shape index (κ2) is 24.8. The lowest BCUT2D eigenvalue weighted by Crippen LogP contribution is -2.53. The van der Waals surface area contributed by atoms with Gasteiger partial charge in [0.2, 0.25) is 0 Å². The summed E-state index contributed by atoms with van der Waals surface area (Å²) in [6, 6.07) is 6.45. The number of amides is 4. The van der Waals surface area contributed by atoms with Crippen LogP contribution in [0.25, 0.3) is 0 Å². The summed E-state index contributed by atoms with van der Waals surface area (Å²) in [5, 5.41) is 30.7. The van der Waals surface area contributed by atoms with Gasteiger partial charge in [0.1, 0.15) is 23.7 Å². The highest BCUT2D eigenvalue weighted by atomic mass is 35.5. The smallest absolute Gasteiger partial charge is 0.338 e. The van der Waals surface area contributed by atoms with Crippen LogP contribution in [-0.2, 0) is 28.7 Å². The molecule has 83 heavy (non-hydrogen) atoms. The molecule has 0 aliphatic carbocycles. The van der Waals surface area contributed by atoms with E-state index in [9.17, 15) is 47.8 Å². The standard InChI is InChI=1S/C29H35FN6O5S.C27H30ClFN6O5S/c1-5-41-26(37)22-21(15-34-10-11-36-18(13-34)14-35(28(36)40)16-29(3,4)27(38)39)32-24(25-31-9-12-42-25)33-23(22)19-7-6-8-20(30)17(19)2;1-27(2,25(37)38)14-34-12-16-11-33(7-8-35(16)26(34)39)13-19-20(24(36)40-3)21(17-5-4-15(29)10-18(17)28)32-22(31-19)23-30-6-9-41-23/h6-9,12,18,23H,5,10-11,13-16H2,1-4H3,(H,32,33)(H,38,39);4-6,9-10,16,21H,7-8,11-14H2,1-3H3,(H,31,32)(H,37,38)/t18-,23-;16-,21-/m00/s1. The second-order valence-corrected chi connectivity index (χ2v) is 24.4. The average molecular weight is 1200 g/mol. The fourth-order valence-corrected chi connectivity index (χ4v) is 12.5. The molecule has 4 atom stereocenters. The molecule has 22 nitrogen and oxygen atoms in total. The van der Waals surface area contributed by atoms with Crippen molar-refractivity contribution in [3.05, 3.63) is 125 Å². The molecule has 0 radical (unpaired) electrons. The summed E-state index contributed by atoms with van der Waals surface area (Å²) in [4.78, 5) is 106. The van der Waals surface area contributed by atoms with Gasteiger partial charge in [0.05, 0.1) is 47.8 Å². The van der Waals surface area contributed by atoms with Gasteiger partial charge in [0.15, 0.2) is 21.7 Å². The molecule has 2 aromatic carbocycles. The molecule has 0 spiro atoms. The molecule has 4 aromatic rings. The van der Waals surface area contributed by atoms with E-state index in [0.717, 1.165) is 0 Å². The number of aliphatic carboxylic acids is 2.